The highest BCUT2D eigenvalue weighted by molar-refractivity contribution is 5.94. The minimum Gasteiger partial charge on any atom is -0.369 e. The molecule has 1 aliphatic rings. The van der Waals surface area contributed by atoms with E-state index >= 15 is 0 Å². The lowest BCUT2D eigenvalue weighted by atomic mass is 10.1. The molecule has 0 spiro atoms. The summed E-state index contributed by atoms with van der Waals surface area (Å²) in [6, 6.07) is 1.42. The fourth-order valence-electron chi connectivity index (χ4n) is 2.81. The van der Waals surface area contributed by atoms with Crippen LogP contribution in [0, 0.1) is 12.8 Å². The predicted octanol–water partition coefficient (Wildman–Crippen LogP) is 1.29. The van der Waals surface area contributed by atoms with E-state index in [1.807, 2.05) is 4.90 Å². The summed E-state index contributed by atoms with van der Waals surface area (Å²) in [6.45, 7) is 5.13. The number of unbranched alkanes of at least 4 members (excludes halogenated alkanes) is 1. The molecule has 0 aromatic carbocycles. The first-order valence-corrected chi connectivity index (χ1v) is 7.78. The Morgan fingerprint density at radius 2 is 2.36 bits per heavy atom. The summed E-state index contributed by atoms with van der Waals surface area (Å²) in [6.07, 6.45) is 3.44. The second-order valence-corrected chi connectivity index (χ2v) is 5.85. The van der Waals surface area contributed by atoms with Gasteiger partial charge in [0.1, 0.15) is 5.76 Å². The number of nitrogens with two attached hydrogens (primary N) is 1. The number of hydrogen-bond acceptors (Lipinski definition) is 5. The van der Waals surface area contributed by atoms with Crippen molar-refractivity contribution in [3.63, 3.8) is 0 Å². The normalized spacial score (nSPS) is 20.0. The van der Waals surface area contributed by atoms with Gasteiger partial charge in [-0.3, -0.25) is 14.5 Å². The number of primary amides is 1. The summed E-state index contributed by atoms with van der Waals surface area (Å²) in [5.74, 6) is 0.521. The molecule has 2 unspecified atom stereocenters. The first-order valence-electron chi connectivity index (χ1n) is 7.78. The van der Waals surface area contributed by atoms with Crippen LogP contribution in [0.15, 0.2) is 10.6 Å². The second kappa shape index (κ2) is 7.40. The number of nitrogens with one attached hydrogen (secondary N) is 1. The van der Waals surface area contributed by atoms with Crippen LogP contribution in [0.1, 0.15) is 38.4 Å². The number of aryl methyl sites for hydroxylation is 1. The Morgan fingerprint density at radius 1 is 1.59 bits per heavy atom. The highest BCUT2D eigenvalue weighted by atomic mass is 16.5. The van der Waals surface area contributed by atoms with Crippen molar-refractivity contribution in [2.45, 2.75) is 45.6 Å². The molecule has 122 valence electrons. The van der Waals surface area contributed by atoms with Gasteiger partial charge in [0.05, 0.1) is 12.0 Å². The molecule has 0 bridgehead atoms. The van der Waals surface area contributed by atoms with E-state index in [0.29, 0.717) is 31.1 Å². The zero-order valence-electron chi connectivity index (χ0n) is 13.2. The molecule has 2 amide bonds. The number of likely N-dealkylation sites (tertiary alicyclic amines) is 1. The van der Waals surface area contributed by atoms with Crippen molar-refractivity contribution in [1.82, 2.24) is 10.1 Å². The van der Waals surface area contributed by atoms with Gasteiger partial charge in [-0.2, -0.15) is 0 Å². The van der Waals surface area contributed by atoms with Crippen molar-refractivity contribution in [3.8, 4) is 0 Å². The lowest BCUT2D eigenvalue weighted by molar-refractivity contribution is -0.123. The van der Waals surface area contributed by atoms with Gasteiger partial charge in [-0.25, -0.2) is 0 Å². The maximum absolute atomic E-state index is 12.5. The molecule has 1 fully saturated rings. The molecule has 7 nitrogen and oxygen atoms in total. The van der Waals surface area contributed by atoms with Crippen LogP contribution < -0.4 is 11.1 Å². The lowest BCUT2D eigenvalue weighted by Crippen LogP contribution is -2.43. The Labute approximate surface area is 130 Å². The smallest absolute Gasteiger partial charge is 0.242 e. The molecule has 1 aliphatic heterocycles. The number of anilines is 1. The van der Waals surface area contributed by atoms with E-state index in [2.05, 4.69) is 17.4 Å². The summed E-state index contributed by atoms with van der Waals surface area (Å²) in [4.78, 5) is 25.9. The third-order valence-electron chi connectivity index (χ3n) is 4.08. The largest absolute Gasteiger partial charge is 0.369 e. The number of nitrogens with zero attached hydrogens (tertiary/aromatic N) is 2. The summed E-state index contributed by atoms with van der Waals surface area (Å²) in [7, 11) is 0. The second-order valence-electron chi connectivity index (χ2n) is 5.85. The maximum Gasteiger partial charge on any atom is 0.242 e. The zero-order chi connectivity index (χ0) is 16.1. The molecule has 3 N–H and O–H groups in total. The van der Waals surface area contributed by atoms with Crippen LogP contribution in [0.4, 0.5) is 5.82 Å². The quantitative estimate of drug-likeness (QED) is 0.790. The average molecular weight is 308 g/mol. The molecule has 2 heterocycles. The van der Waals surface area contributed by atoms with Gasteiger partial charge in [0, 0.05) is 12.6 Å². The van der Waals surface area contributed by atoms with E-state index in [9.17, 15) is 9.59 Å². The van der Waals surface area contributed by atoms with Gasteiger partial charge in [0.25, 0.3) is 0 Å². The van der Waals surface area contributed by atoms with E-state index in [1.54, 1.807) is 13.0 Å². The molecule has 0 aliphatic carbocycles. The van der Waals surface area contributed by atoms with Crippen molar-refractivity contribution in [1.29, 1.82) is 0 Å². The van der Waals surface area contributed by atoms with Crippen LogP contribution in [-0.2, 0) is 9.59 Å². The summed E-state index contributed by atoms with van der Waals surface area (Å²) in [5, 5.41) is 6.58. The van der Waals surface area contributed by atoms with Crippen LogP contribution in [0.25, 0.3) is 0 Å². The molecule has 1 aromatic heterocycles. The zero-order valence-corrected chi connectivity index (χ0v) is 13.2. The van der Waals surface area contributed by atoms with Crippen molar-refractivity contribution >= 4 is 17.6 Å². The van der Waals surface area contributed by atoms with E-state index in [1.165, 1.54) is 0 Å². The Morgan fingerprint density at radius 3 is 2.91 bits per heavy atom. The predicted molar refractivity (Wildman–Crippen MR) is 82.1 cm³/mol. The molecule has 0 radical (unpaired) electrons. The van der Waals surface area contributed by atoms with Crippen LogP contribution >= 0.6 is 0 Å². The first kappa shape index (κ1) is 16.5. The van der Waals surface area contributed by atoms with Crippen molar-refractivity contribution < 1.29 is 14.1 Å². The fourth-order valence-corrected chi connectivity index (χ4v) is 2.81. The number of hydrogen-bond donors (Lipinski definition) is 2. The molecule has 0 saturated carbocycles. The first-order chi connectivity index (χ1) is 10.5. The van der Waals surface area contributed by atoms with Crippen LogP contribution in [0.5, 0.6) is 0 Å². The molecule has 22 heavy (non-hydrogen) atoms. The van der Waals surface area contributed by atoms with Crippen LogP contribution in [0.3, 0.4) is 0 Å². The van der Waals surface area contributed by atoms with Gasteiger partial charge < -0.3 is 15.6 Å². The minimum absolute atomic E-state index is 0.105. The standard InChI is InChI=1S/C15H24N4O3/c1-3-4-5-12(19-7-6-11(9-19)14(16)20)15(21)17-13-8-10(2)22-18-13/h8,11-12H,3-7,9H2,1-2H3,(H2,16,20)(H,17,18,21). The highest BCUT2D eigenvalue weighted by Gasteiger charge is 2.34. The van der Waals surface area contributed by atoms with Gasteiger partial charge >= 0.3 is 0 Å². The number of carbonyl (C=O) groups excluding carboxylic acids is 2. The molecular formula is C15H24N4O3. The monoisotopic (exact) mass is 308 g/mol. The third kappa shape index (κ3) is 4.07. The minimum atomic E-state index is -0.288. The van der Waals surface area contributed by atoms with E-state index in [-0.39, 0.29) is 23.8 Å². The Kier molecular flexibility index (Phi) is 5.54. The Bertz CT molecular complexity index is 529. The van der Waals surface area contributed by atoms with E-state index in [4.69, 9.17) is 10.3 Å². The number of aromatic nitrogens is 1. The number of carbonyl (C=O) groups is 2. The number of rotatable bonds is 7. The molecule has 1 aromatic rings. The number of amides is 2. The Hall–Kier alpha value is -1.89. The summed E-state index contributed by atoms with van der Waals surface area (Å²) >= 11 is 0. The van der Waals surface area contributed by atoms with Gasteiger partial charge in [0.15, 0.2) is 5.82 Å². The molecule has 2 rings (SSSR count). The van der Waals surface area contributed by atoms with E-state index < -0.39 is 0 Å². The van der Waals surface area contributed by atoms with E-state index in [0.717, 1.165) is 19.3 Å². The topological polar surface area (TPSA) is 101 Å². The average Bonchev–Trinajstić information content (AvgIpc) is 3.09. The van der Waals surface area contributed by atoms with Crippen LogP contribution in [-0.4, -0.2) is 41.0 Å². The summed E-state index contributed by atoms with van der Waals surface area (Å²) < 4.78 is 4.96. The van der Waals surface area contributed by atoms with Gasteiger partial charge in [-0.1, -0.05) is 24.9 Å². The highest BCUT2D eigenvalue weighted by Crippen LogP contribution is 2.22. The van der Waals surface area contributed by atoms with Crippen molar-refractivity contribution in [3.05, 3.63) is 11.8 Å². The third-order valence-corrected chi connectivity index (χ3v) is 4.08. The summed E-state index contributed by atoms with van der Waals surface area (Å²) in [5.41, 5.74) is 5.37. The van der Waals surface area contributed by atoms with Gasteiger partial charge in [-0.05, 0) is 26.3 Å². The lowest BCUT2D eigenvalue weighted by Gasteiger charge is -2.26. The van der Waals surface area contributed by atoms with Gasteiger partial charge in [0.2, 0.25) is 11.8 Å². The molecule has 2 atom stereocenters. The van der Waals surface area contributed by atoms with Crippen molar-refractivity contribution in [2.75, 3.05) is 18.4 Å². The molecule has 7 heteroatoms. The van der Waals surface area contributed by atoms with Gasteiger partial charge in [-0.15, -0.1) is 0 Å². The Balaban J connectivity index is 2.02. The molecule has 1 saturated heterocycles. The fraction of sp³-hybridized carbons (Fsp3) is 0.667. The van der Waals surface area contributed by atoms with Crippen molar-refractivity contribution in [2.24, 2.45) is 11.7 Å². The SMILES string of the molecule is CCCCC(C(=O)Nc1cc(C)on1)N1CCC(C(N)=O)C1. The molecular weight excluding hydrogens is 284 g/mol. The van der Waals surface area contributed by atoms with Crippen LogP contribution in [0.2, 0.25) is 0 Å². The maximum atomic E-state index is 12.5.